The monoisotopic (exact) mass is 427 g/mol. The molecule has 0 radical (unpaired) electrons. The van der Waals surface area contributed by atoms with E-state index in [0.717, 1.165) is 23.1 Å². The molecule has 0 unspecified atom stereocenters. The summed E-state index contributed by atoms with van der Waals surface area (Å²) in [4.78, 5) is 4.06. The number of guanidine groups is 1. The maximum atomic E-state index is 13.0. The van der Waals surface area contributed by atoms with Crippen molar-refractivity contribution in [2.24, 2.45) is 12.0 Å². The number of nitrogens with one attached hydrogen (secondary N) is 2. The quantitative estimate of drug-likeness (QED) is 0.366. The fourth-order valence-corrected chi connectivity index (χ4v) is 2.95. The Morgan fingerprint density at radius 2 is 2.00 bits per heavy atom. The number of hydrogen-bond donors (Lipinski definition) is 2. The molecule has 2 N–H and O–H groups in total. The normalized spacial score (nSPS) is 12.0. The van der Waals surface area contributed by atoms with Gasteiger partial charge in [0.25, 0.3) is 0 Å². The summed E-state index contributed by atoms with van der Waals surface area (Å²) in [6.07, 6.45) is -1.54. The minimum Gasteiger partial charge on any atom is -0.493 e. The van der Waals surface area contributed by atoms with Crippen molar-refractivity contribution in [3.63, 3.8) is 0 Å². The number of nitrogens with zero attached hydrogens (tertiary/aromatic N) is 3. The van der Waals surface area contributed by atoms with Gasteiger partial charge in [-0.1, -0.05) is 6.07 Å². The van der Waals surface area contributed by atoms with Crippen molar-refractivity contribution >= 4 is 5.96 Å². The summed E-state index contributed by atoms with van der Waals surface area (Å²) in [5, 5.41) is 9.51. The van der Waals surface area contributed by atoms with Crippen LogP contribution in [0.15, 0.2) is 29.4 Å². The molecule has 1 aromatic heterocycles. The van der Waals surface area contributed by atoms with Gasteiger partial charge >= 0.3 is 6.18 Å². The van der Waals surface area contributed by atoms with E-state index in [9.17, 15) is 13.2 Å². The first kappa shape index (κ1) is 23.4. The predicted molar refractivity (Wildman–Crippen MR) is 109 cm³/mol. The molecule has 1 heterocycles. The third-order valence-corrected chi connectivity index (χ3v) is 4.31. The molecule has 0 bridgehead atoms. The van der Waals surface area contributed by atoms with Crippen molar-refractivity contribution in [2.75, 3.05) is 27.3 Å². The maximum Gasteiger partial charge on any atom is 0.435 e. The number of aliphatic imine (C=N–C) groups is 1. The second kappa shape index (κ2) is 10.7. The van der Waals surface area contributed by atoms with Crippen molar-refractivity contribution in [1.29, 1.82) is 0 Å². The van der Waals surface area contributed by atoms with E-state index in [1.165, 1.54) is 13.2 Å². The Labute approximate surface area is 174 Å². The summed E-state index contributed by atoms with van der Waals surface area (Å²) in [5.74, 6) is 1.83. The van der Waals surface area contributed by atoms with Crippen LogP contribution < -0.4 is 20.1 Å². The van der Waals surface area contributed by atoms with E-state index < -0.39 is 11.9 Å². The summed E-state index contributed by atoms with van der Waals surface area (Å²) >= 11 is 0. The highest BCUT2D eigenvalue weighted by Gasteiger charge is 2.36. The second-order valence-corrected chi connectivity index (χ2v) is 6.55. The smallest absolute Gasteiger partial charge is 0.435 e. The van der Waals surface area contributed by atoms with Crippen molar-refractivity contribution in [2.45, 2.75) is 32.5 Å². The van der Waals surface area contributed by atoms with Crippen LogP contribution in [0.1, 0.15) is 30.2 Å². The third kappa shape index (κ3) is 6.57. The minimum absolute atomic E-state index is 0.0292. The largest absolute Gasteiger partial charge is 0.493 e. The summed E-state index contributed by atoms with van der Waals surface area (Å²) in [6, 6.07) is 5.81. The number of alkyl halides is 3. The Bertz CT molecular complexity index is 849. The molecule has 0 aliphatic rings. The molecule has 0 atom stereocenters. The number of halogens is 3. The second-order valence-electron chi connectivity index (χ2n) is 6.55. The van der Waals surface area contributed by atoms with Crippen molar-refractivity contribution in [3.8, 4) is 11.5 Å². The van der Waals surface area contributed by atoms with Gasteiger partial charge in [-0.05, 0) is 37.5 Å². The lowest BCUT2D eigenvalue weighted by Crippen LogP contribution is -2.37. The molecule has 0 saturated heterocycles. The van der Waals surface area contributed by atoms with Crippen LogP contribution in [-0.2, 0) is 26.2 Å². The third-order valence-electron chi connectivity index (χ3n) is 4.31. The lowest BCUT2D eigenvalue weighted by atomic mass is 10.1. The van der Waals surface area contributed by atoms with Crippen LogP contribution in [0.5, 0.6) is 11.5 Å². The number of methoxy groups -OCH3 is 1. The van der Waals surface area contributed by atoms with Gasteiger partial charge in [0.15, 0.2) is 23.2 Å². The topological polar surface area (TPSA) is 72.7 Å². The Balaban J connectivity index is 1.84. The van der Waals surface area contributed by atoms with E-state index in [0.29, 0.717) is 30.6 Å². The van der Waals surface area contributed by atoms with Crippen molar-refractivity contribution < 1.29 is 22.6 Å². The average molecular weight is 427 g/mol. The van der Waals surface area contributed by atoms with Gasteiger partial charge in [-0.2, -0.15) is 18.3 Å². The first-order chi connectivity index (χ1) is 14.3. The van der Waals surface area contributed by atoms with Gasteiger partial charge in [0, 0.05) is 38.9 Å². The van der Waals surface area contributed by atoms with Gasteiger partial charge in [0.1, 0.15) is 0 Å². The molecule has 166 valence electrons. The molecule has 7 nitrogen and oxygen atoms in total. The molecule has 0 spiro atoms. The summed E-state index contributed by atoms with van der Waals surface area (Å²) in [5.41, 5.74) is 0.279. The van der Waals surface area contributed by atoms with Crippen LogP contribution in [-0.4, -0.2) is 43.0 Å². The van der Waals surface area contributed by atoms with E-state index in [1.807, 2.05) is 25.1 Å². The minimum atomic E-state index is -4.49. The molecule has 1 aromatic carbocycles. The number of rotatable bonds is 9. The van der Waals surface area contributed by atoms with Crippen LogP contribution >= 0.6 is 0 Å². The predicted octanol–water partition coefficient (Wildman–Crippen LogP) is 3.14. The fraction of sp³-hybridized carbons (Fsp3) is 0.500. The van der Waals surface area contributed by atoms with Crippen molar-refractivity contribution in [1.82, 2.24) is 20.4 Å². The molecular weight excluding hydrogens is 399 g/mol. The first-order valence-corrected chi connectivity index (χ1v) is 9.62. The van der Waals surface area contributed by atoms with Gasteiger partial charge < -0.3 is 20.1 Å². The maximum absolute atomic E-state index is 13.0. The Morgan fingerprint density at radius 3 is 2.63 bits per heavy atom. The highest BCUT2D eigenvalue weighted by atomic mass is 19.4. The SMILES string of the molecule is CCOc1cc(CCCNC(=NC)NCc2cn(C)nc2C(F)(F)F)ccc1OC. The summed E-state index contributed by atoms with van der Waals surface area (Å²) in [7, 11) is 4.63. The average Bonchev–Trinajstić information content (AvgIpc) is 3.09. The number of benzene rings is 1. The number of ether oxygens (including phenoxy) is 2. The molecule has 0 fully saturated rings. The zero-order chi connectivity index (χ0) is 22.1. The fourth-order valence-electron chi connectivity index (χ4n) is 2.95. The molecule has 0 amide bonds. The Kier molecular flexibility index (Phi) is 8.37. The lowest BCUT2D eigenvalue weighted by molar-refractivity contribution is -0.142. The van der Waals surface area contributed by atoms with Crippen molar-refractivity contribution in [3.05, 3.63) is 41.2 Å². The summed E-state index contributed by atoms with van der Waals surface area (Å²) < 4.78 is 51.1. The number of aryl methyl sites for hydroxylation is 2. The zero-order valence-corrected chi connectivity index (χ0v) is 17.6. The number of aromatic nitrogens is 2. The number of hydrogen-bond acceptors (Lipinski definition) is 4. The van der Waals surface area contributed by atoms with E-state index in [1.54, 1.807) is 14.2 Å². The molecule has 10 heteroatoms. The zero-order valence-electron chi connectivity index (χ0n) is 17.6. The molecule has 30 heavy (non-hydrogen) atoms. The Morgan fingerprint density at radius 1 is 1.23 bits per heavy atom. The lowest BCUT2D eigenvalue weighted by Gasteiger charge is -2.13. The highest BCUT2D eigenvalue weighted by Crippen LogP contribution is 2.30. The van der Waals surface area contributed by atoms with E-state index in [-0.39, 0.29) is 12.1 Å². The van der Waals surface area contributed by atoms with Gasteiger partial charge in [-0.15, -0.1) is 0 Å². The van der Waals surface area contributed by atoms with Crippen LogP contribution in [0, 0.1) is 0 Å². The van der Waals surface area contributed by atoms with E-state index in [4.69, 9.17) is 9.47 Å². The molecule has 0 aliphatic carbocycles. The van der Waals surface area contributed by atoms with Gasteiger partial charge in [0.05, 0.1) is 13.7 Å². The van der Waals surface area contributed by atoms with Crippen LogP contribution in [0.2, 0.25) is 0 Å². The Hall–Kier alpha value is -2.91. The summed E-state index contributed by atoms with van der Waals surface area (Å²) in [6.45, 7) is 3.04. The molecule has 0 aliphatic heterocycles. The van der Waals surface area contributed by atoms with E-state index in [2.05, 4.69) is 20.7 Å². The van der Waals surface area contributed by atoms with Gasteiger partial charge in [-0.3, -0.25) is 9.67 Å². The van der Waals surface area contributed by atoms with E-state index >= 15 is 0 Å². The van der Waals surface area contributed by atoms with Crippen LogP contribution in [0.4, 0.5) is 13.2 Å². The first-order valence-electron chi connectivity index (χ1n) is 9.62. The van der Waals surface area contributed by atoms with Crippen LogP contribution in [0.3, 0.4) is 0 Å². The van der Waals surface area contributed by atoms with Gasteiger partial charge in [-0.25, -0.2) is 0 Å². The molecular formula is C20H28F3N5O2. The molecule has 2 aromatic rings. The highest BCUT2D eigenvalue weighted by molar-refractivity contribution is 5.79. The molecule has 2 rings (SSSR count). The van der Waals surface area contributed by atoms with Crippen LogP contribution in [0.25, 0.3) is 0 Å². The van der Waals surface area contributed by atoms with Gasteiger partial charge in [0.2, 0.25) is 0 Å². The standard InChI is InChI=1S/C20H28F3N5O2/c1-5-30-17-11-14(8-9-16(17)29-4)7-6-10-25-19(24-2)26-12-15-13-28(3)27-18(15)20(21,22)23/h8-9,11,13H,5-7,10,12H2,1-4H3,(H2,24,25,26). The molecule has 0 saturated carbocycles.